The Morgan fingerprint density at radius 3 is 2.78 bits per heavy atom. The predicted octanol–water partition coefficient (Wildman–Crippen LogP) is 2.62. The molecule has 1 aromatic heterocycles. The SMILES string of the molecule is Cc1ccc(Br)c(NC(=O)c2c(N)n[nH]c2C)c1. The normalized spacial score (nSPS) is 10.4. The smallest absolute Gasteiger partial charge is 0.261 e. The van der Waals surface area contributed by atoms with Gasteiger partial charge in [0.2, 0.25) is 0 Å². The number of aromatic amines is 1. The fourth-order valence-corrected chi connectivity index (χ4v) is 2.00. The molecule has 1 heterocycles. The minimum atomic E-state index is -0.273. The molecule has 0 aliphatic rings. The van der Waals surface area contributed by atoms with Gasteiger partial charge in [0.25, 0.3) is 5.91 Å². The number of amides is 1. The molecule has 0 radical (unpaired) electrons. The largest absolute Gasteiger partial charge is 0.382 e. The molecule has 0 unspecified atom stereocenters. The quantitative estimate of drug-likeness (QED) is 0.797. The zero-order chi connectivity index (χ0) is 13.3. The first kappa shape index (κ1) is 12.6. The Balaban J connectivity index is 2.30. The number of nitrogens with zero attached hydrogens (tertiary/aromatic N) is 1. The molecule has 0 saturated carbocycles. The number of rotatable bonds is 2. The second-order valence-electron chi connectivity index (χ2n) is 4.05. The summed E-state index contributed by atoms with van der Waals surface area (Å²) in [6, 6.07) is 5.72. The Hall–Kier alpha value is -1.82. The molecule has 0 spiro atoms. The molecule has 0 aliphatic heterocycles. The number of carbonyl (C=O) groups excluding carboxylic acids is 1. The molecule has 4 N–H and O–H groups in total. The van der Waals surface area contributed by atoms with E-state index in [0.29, 0.717) is 16.9 Å². The lowest BCUT2D eigenvalue weighted by molar-refractivity contribution is 0.102. The van der Waals surface area contributed by atoms with Crippen molar-refractivity contribution in [2.75, 3.05) is 11.1 Å². The van der Waals surface area contributed by atoms with E-state index in [-0.39, 0.29) is 11.7 Å². The highest BCUT2D eigenvalue weighted by atomic mass is 79.9. The first-order valence-electron chi connectivity index (χ1n) is 5.37. The number of halogens is 1. The average Bonchev–Trinajstić information content (AvgIpc) is 2.63. The fourth-order valence-electron chi connectivity index (χ4n) is 1.65. The number of nitrogen functional groups attached to an aromatic ring is 1. The topological polar surface area (TPSA) is 83.8 Å². The van der Waals surface area contributed by atoms with Gasteiger partial charge in [-0.05, 0) is 47.5 Å². The third-order valence-corrected chi connectivity index (χ3v) is 3.26. The lowest BCUT2D eigenvalue weighted by Crippen LogP contribution is -2.14. The molecule has 1 aromatic carbocycles. The first-order chi connectivity index (χ1) is 8.49. The number of carbonyl (C=O) groups is 1. The van der Waals surface area contributed by atoms with E-state index < -0.39 is 0 Å². The molecule has 0 atom stereocenters. The van der Waals surface area contributed by atoms with Gasteiger partial charge in [0.1, 0.15) is 5.56 Å². The number of benzene rings is 1. The first-order valence-corrected chi connectivity index (χ1v) is 6.16. The molecule has 0 saturated heterocycles. The number of aromatic nitrogens is 2. The lowest BCUT2D eigenvalue weighted by atomic mass is 10.2. The fraction of sp³-hybridized carbons (Fsp3) is 0.167. The molecule has 94 valence electrons. The standard InChI is InChI=1S/C12H13BrN4O/c1-6-3-4-8(13)9(5-6)15-12(18)10-7(2)16-17-11(10)14/h3-5H,1-2H3,(H,15,18)(H3,14,16,17). The molecule has 2 aromatic rings. The summed E-state index contributed by atoms with van der Waals surface area (Å²) in [6.07, 6.45) is 0. The Bertz CT molecular complexity index is 587. The third-order valence-electron chi connectivity index (χ3n) is 2.57. The lowest BCUT2D eigenvalue weighted by Gasteiger charge is -2.08. The Morgan fingerprint density at radius 2 is 2.17 bits per heavy atom. The van der Waals surface area contributed by atoms with Crippen LogP contribution in [-0.2, 0) is 0 Å². The van der Waals surface area contributed by atoms with Crippen molar-refractivity contribution in [3.05, 3.63) is 39.5 Å². The van der Waals surface area contributed by atoms with Gasteiger partial charge < -0.3 is 11.1 Å². The zero-order valence-corrected chi connectivity index (χ0v) is 11.6. The monoisotopic (exact) mass is 308 g/mol. The van der Waals surface area contributed by atoms with Gasteiger partial charge in [-0.1, -0.05) is 6.07 Å². The number of nitrogens with one attached hydrogen (secondary N) is 2. The summed E-state index contributed by atoms with van der Waals surface area (Å²) < 4.78 is 0.821. The Morgan fingerprint density at radius 1 is 1.44 bits per heavy atom. The number of hydrogen-bond donors (Lipinski definition) is 3. The number of nitrogens with two attached hydrogens (primary N) is 1. The summed E-state index contributed by atoms with van der Waals surface area (Å²) in [5, 5.41) is 9.29. The maximum Gasteiger partial charge on any atom is 0.261 e. The highest BCUT2D eigenvalue weighted by Crippen LogP contribution is 2.24. The van der Waals surface area contributed by atoms with E-state index in [4.69, 9.17) is 5.73 Å². The van der Waals surface area contributed by atoms with Gasteiger partial charge in [-0.2, -0.15) is 5.10 Å². The number of aryl methyl sites for hydroxylation is 2. The van der Waals surface area contributed by atoms with Crippen LogP contribution in [0.2, 0.25) is 0 Å². The van der Waals surface area contributed by atoms with E-state index >= 15 is 0 Å². The molecular weight excluding hydrogens is 296 g/mol. The second-order valence-corrected chi connectivity index (χ2v) is 4.90. The summed E-state index contributed by atoms with van der Waals surface area (Å²) in [5.41, 5.74) is 8.44. The van der Waals surface area contributed by atoms with Crippen molar-refractivity contribution in [3.8, 4) is 0 Å². The molecule has 2 rings (SSSR count). The van der Waals surface area contributed by atoms with Gasteiger partial charge in [0.05, 0.1) is 5.69 Å². The second kappa shape index (κ2) is 4.81. The van der Waals surface area contributed by atoms with E-state index in [1.165, 1.54) is 0 Å². The maximum atomic E-state index is 12.1. The summed E-state index contributed by atoms with van der Waals surface area (Å²) in [5.74, 6) is -0.0705. The van der Waals surface area contributed by atoms with Gasteiger partial charge in [-0.3, -0.25) is 9.89 Å². The highest BCUT2D eigenvalue weighted by Gasteiger charge is 2.16. The van der Waals surface area contributed by atoms with E-state index in [1.807, 2.05) is 25.1 Å². The summed E-state index contributed by atoms with van der Waals surface area (Å²) in [6.45, 7) is 3.71. The van der Waals surface area contributed by atoms with Crippen LogP contribution < -0.4 is 11.1 Å². The van der Waals surface area contributed by atoms with Crippen LogP contribution in [0.1, 0.15) is 21.6 Å². The van der Waals surface area contributed by atoms with Crippen molar-refractivity contribution in [1.29, 1.82) is 0 Å². The molecule has 0 aliphatic carbocycles. The number of anilines is 2. The Labute approximate surface area is 113 Å². The van der Waals surface area contributed by atoms with Crippen molar-refractivity contribution < 1.29 is 4.79 Å². The van der Waals surface area contributed by atoms with Gasteiger partial charge in [0, 0.05) is 10.2 Å². The van der Waals surface area contributed by atoms with Gasteiger partial charge in [-0.25, -0.2) is 0 Å². The average molecular weight is 309 g/mol. The maximum absolute atomic E-state index is 12.1. The molecule has 0 fully saturated rings. The van der Waals surface area contributed by atoms with Crippen LogP contribution in [0.5, 0.6) is 0 Å². The molecular formula is C12H13BrN4O. The van der Waals surface area contributed by atoms with Crippen LogP contribution in [0.15, 0.2) is 22.7 Å². The molecule has 0 bridgehead atoms. The molecule has 1 amide bonds. The van der Waals surface area contributed by atoms with Crippen LogP contribution >= 0.6 is 15.9 Å². The minimum Gasteiger partial charge on any atom is -0.382 e. The van der Waals surface area contributed by atoms with Gasteiger partial charge in [-0.15, -0.1) is 0 Å². The van der Waals surface area contributed by atoms with Crippen LogP contribution in [0, 0.1) is 13.8 Å². The van der Waals surface area contributed by atoms with Crippen LogP contribution in [0.25, 0.3) is 0 Å². The molecule has 6 heteroatoms. The van der Waals surface area contributed by atoms with E-state index in [9.17, 15) is 4.79 Å². The summed E-state index contributed by atoms with van der Waals surface area (Å²) >= 11 is 3.39. The Kier molecular flexibility index (Phi) is 3.38. The van der Waals surface area contributed by atoms with Crippen molar-refractivity contribution in [1.82, 2.24) is 10.2 Å². The zero-order valence-electron chi connectivity index (χ0n) is 10.0. The van der Waals surface area contributed by atoms with Crippen molar-refractivity contribution in [2.45, 2.75) is 13.8 Å². The van der Waals surface area contributed by atoms with Crippen LogP contribution in [0.3, 0.4) is 0 Å². The summed E-state index contributed by atoms with van der Waals surface area (Å²) in [4.78, 5) is 12.1. The highest BCUT2D eigenvalue weighted by molar-refractivity contribution is 9.10. The third kappa shape index (κ3) is 2.38. The number of hydrogen-bond acceptors (Lipinski definition) is 3. The number of H-pyrrole nitrogens is 1. The van der Waals surface area contributed by atoms with E-state index in [0.717, 1.165) is 10.0 Å². The minimum absolute atomic E-state index is 0.203. The van der Waals surface area contributed by atoms with Crippen molar-refractivity contribution >= 4 is 33.3 Å². The molecule has 5 nitrogen and oxygen atoms in total. The van der Waals surface area contributed by atoms with Crippen LogP contribution in [-0.4, -0.2) is 16.1 Å². The van der Waals surface area contributed by atoms with E-state index in [1.54, 1.807) is 6.92 Å². The van der Waals surface area contributed by atoms with Crippen molar-refractivity contribution in [3.63, 3.8) is 0 Å². The van der Waals surface area contributed by atoms with Crippen molar-refractivity contribution in [2.24, 2.45) is 0 Å². The van der Waals surface area contributed by atoms with E-state index in [2.05, 4.69) is 31.4 Å². The van der Waals surface area contributed by atoms with Gasteiger partial charge >= 0.3 is 0 Å². The van der Waals surface area contributed by atoms with Crippen LogP contribution in [0.4, 0.5) is 11.5 Å². The summed E-state index contributed by atoms with van der Waals surface area (Å²) in [7, 11) is 0. The van der Waals surface area contributed by atoms with Gasteiger partial charge in [0.15, 0.2) is 5.82 Å². The predicted molar refractivity (Wildman–Crippen MR) is 74.6 cm³/mol. The molecule has 18 heavy (non-hydrogen) atoms.